The summed E-state index contributed by atoms with van der Waals surface area (Å²) in [5, 5.41) is 6.98. The lowest BCUT2D eigenvalue weighted by molar-refractivity contribution is 0.467. The van der Waals surface area contributed by atoms with Gasteiger partial charge in [-0.05, 0) is 114 Å². The largest absolute Gasteiger partial charge is 0.295 e. The fraction of sp³-hybridized carbons (Fsp3) is 0.0625. The summed E-state index contributed by atoms with van der Waals surface area (Å²) in [4.78, 5) is 13.2. The summed E-state index contributed by atoms with van der Waals surface area (Å²) in [6.45, 7) is 0. The van der Waals surface area contributed by atoms with E-state index in [1.54, 1.807) is 0 Å². The second-order valence-corrected chi connectivity index (χ2v) is 17.1. The number of hydrogen-bond acceptors (Lipinski definition) is 16. The monoisotopic (exact) mass is 910 g/mol. The molecular weight excluding hydrogens is 889 g/mol. The molecule has 56 heavy (non-hydrogen) atoms. The molecular formula is C32H22N4O12S8. The average molecular weight is 911 g/mol. The molecule has 0 fully saturated rings. The predicted octanol–water partition coefficient (Wildman–Crippen LogP) is 6.93. The van der Waals surface area contributed by atoms with Crippen molar-refractivity contribution in [2.24, 2.45) is 25.9 Å². The molecule has 24 heteroatoms. The minimum absolute atomic E-state index is 0.0492. The van der Waals surface area contributed by atoms with E-state index in [0.29, 0.717) is 0 Å². The molecule has 3 aromatic rings. The van der Waals surface area contributed by atoms with Gasteiger partial charge in [0.1, 0.15) is 19.9 Å². The van der Waals surface area contributed by atoms with Gasteiger partial charge in [0, 0.05) is 5.92 Å². The normalized spacial score (nSPS) is 15.6. The third-order valence-electron chi connectivity index (χ3n) is 7.01. The molecule has 2 atom stereocenters. The highest BCUT2D eigenvalue weighted by Crippen LogP contribution is 2.29. The van der Waals surface area contributed by atoms with Gasteiger partial charge in [-0.3, -0.25) is 18.2 Å². The van der Waals surface area contributed by atoms with Crippen LogP contribution >= 0.6 is 48.9 Å². The summed E-state index contributed by atoms with van der Waals surface area (Å²) in [6.07, 6.45) is 9.32. The molecule has 1 aliphatic rings. The Morgan fingerprint density at radius 1 is 0.536 bits per heavy atom. The summed E-state index contributed by atoms with van der Waals surface area (Å²) < 4.78 is 131. The minimum atomic E-state index is -4.61. The van der Waals surface area contributed by atoms with Crippen LogP contribution in [0.4, 0.5) is 17.1 Å². The van der Waals surface area contributed by atoms with Gasteiger partial charge < -0.3 is 0 Å². The van der Waals surface area contributed by atoms with Crippen LogP contribution in [-0.4, -0.2) is 77.8 Å². The Bertz CT molecular complexity index is 2750. The summed E-state index contributed by atoms with van der Waals surface area (Å²) in [5.74, 6) is -0.827. The van der Waals surface area contributed by atoms with Gasteiger partial charge in [0.05, 0.1) is 43.4 Å². The Balaban J connectivity index is 0.000000300. The van der Waals surface area contributed by atoms with E-state index >= 15 is 0 Å². The van der Waals surface area contributed by atoms with E-state index in [1.165, 1.54) is 78.9 Å². The molecule has 0 amide bonds. The minimum Gasteiger partial charge on any atom is -0.285 e. The van der Waals surface area contributed by atoms with Crippen molar-refractivity contribution in [1.82, 2.24) is 0 Å². The number of isothiocyanates is 4. The SMILES string of the molecule is O=S(=O)(O)c1cc(N=C=S)ccc1C=CC1C=CC(N=C=S)=CC1S(=O)(=O)O.O=S(=O)(O)c1cc(N=C=S)ccc1C=Cc1ccc(N=C=S)cc1S(=O)(=O)O. The highest BCUT2D eigenvalue weighted by atomic mass is 32.2. The van der Waals surface area contributed by atoms with Gasteiger partial charge >= 0.3 is 0 Å². The summed E-state index contributed by atoms with van der Waals surface area (Å²) in [7, 11) is -18.3. The maximum absolute atomic E-state index is 11.7. The van der Waals surface area contributed by atoms with Gasteiger partial charge in [0.2, 0.25) is 0 Å². The van der Waals surface area contributed by atoms with Crippen molar-refractivity contribution >= 4 is 145 Å². The quantitative estimate of drug-likeness (QED) is 0.0621. The van der Waals surface area contributed by atoms with E-state index in [2.05, 4.69) is 89.5 Å². The van der Waals surface area contributed by atoms with Crippen molar-refractivity contribution in [1.29, 1.82) is 0 Å². The summed E-state index contributed by atoms with van der Waals surface area (Å²) in [5.41, 5.74) is 0.866. The maximum Gasteiger partial charge on any atom is 0.295 e. The number of benzene rings is 3. The first-order valence-electron chi connectivity index (χ1n) is 14.5. The highest BCUT2D eigenvalue weighted by molar-refractivity contribution is 7.87. The molecule has 0 aromatic heterocycles. The molecule has 4 N–H and O–H groups in total. The zero-order chi connectivity index (χ0) is 41.9. The first-order valence-corrected chi connectivity index (χ1v) is 22.0. The van der Waals surface area contributed by atoms with Crippen LogP contribution in [0.2, 0.25) is 0 Å². The lowest BCUT2D eigenvalue weighted by atomic mass is 9.97. The van der Waals surface area contributed by atoms with E-state index < -0.39 is 66.3 Å². The first kappa shape index (κ1) is 45.8. The molecule has 0 spiro atoms. The molecule has 290 valence electrons. The molecule has 1 aliphatic carbocycles. The van der Waals surface area contributed by atoms with Crippen molar-refractivity contribution in [2.75, 3.05) is 0 Å². The van der Waals surface area contributed by atoms with Crippen LogP contribution in [0.15, 0.2) is 119 Å². The summed E-state index contributed by atoms with van der Waals surface area (Å²) in [6, 6.07) is 11.6. The van der Waals surface area contributed by atoms with E-state index in [-0.39, 0.29) is 39.4 Å². The van der Waals surface area contributed by atoms with E-state index in [9.17, 15) is 51.9 Å². The van der Waals surface area contributed by atoms with Crippen LogP contribution < -0.4 is 0 Å². The first-order chi connectivity index (χ1) is 26.1. The van der Waals surface area contributed by atoms with E-state index in [0.717, 1.165) is 18.2 Å². The van der Waals surface area contributed by atoms with Crippen LogP contribution in [0.25, 0.3) is 18.2 Å². The summed E-state index contributed by atoms with van der Waals surface area (Å²) >= 11 is 17.8. The second-order valence-electron chi connectivity index (χ2n) is 10.6. The van der Waals surface area contributed by atoms with Gasteiger partial charge in [0.25, 0.3) is 40.5 Å². The predicted molar refractivity (Wildman–Crippen MR) is 222 cm³/mol. The zero-order valence-electron chi connectivity index (χ0n) is 27.5. The molecule has 0 saturated heterocycles. The molecule has 3 aromatic carbocycles. The van der Waals surface area contributed by atoms with Crippen LogP contribution in [0.1, 0.15) is 16.7 Å². The van der Waals surface area contributed by atoms with Crippen LogP contribution in [0.5, 0.6) is 0 Å². The molecule has 0 radical (unpaired) electrons. The third-order valence-corrected chi connectivity index (χ3v) is 11.2. The second kappa shape index (κ2) is 19.6. The third kappa shape index (κ3) is 13.3. The van der Waals surface area contributed by atoms with Crippen molar-refractivity contribution < 1.29 is 51.9 Å². The number of rotatable bonds is 12. The standard InChI is InChI=1S/C16H12N2O6S4.C16H10N2O6S4/c2*19-27(20,21)15-7-13(17-9-25)5-3-11(15)1-2-12-4-6-14(18-10-26)8-16(12)28(22,23)24/h1-8,11,15H,(H,19,20,21)(H,22,23,24);1-8H,(H,19,20,21)(H,22,23,24). The van der Waals surface area contributed by atoms with Crippen molar-refractivity contribution in [3.8, 4) is 0 Å². The molecule has 16 nitrogen and oxygen atoms in total. The van der Waals surface area contributed by atoms with Crippen LogP contribution in [0, 0.1) is 5.92 Å². The van der Waals surface area contributed by atoms with Gasteiger partial charge in [-0.2, -0.15) is 53.6 Å². The molecule has 2 unspecified atom stereocenters. The number of aliphatic imine (C=N–C) groups is 4. The Morgan fingerprint density at radius 2 is 0.893 bits per heavy atom. The lowest BCUT2D eigenvalue weighted by Gasteiger charge is -2.19. The fourth-order valence-electron chi connectivity index (χ4n) is 4.65. The van der Waals surface area contributed by atoms with E-state index in [1.807, 2.05) is 0 Å². The van der Waals surface area contributed by atoms with Crippen molar-refractivity contribution in [3.05, 3.63) is 101 Å². The van der Waals surface area contributed by atoms with Gasteiger partial charge in [-0.1, -0.05) is 48.6 Å². The lowest BCUT2D eigenvalue weighted by Crippen LogP contribution is -2.27. The molecule has 0 aliphatic heterocycles. The van der Waals surface area contributed by atoms with Gasteiger partial charge in [-0.15, -0.1) is 0 Å². The Labute approximate surface area is 341 Å². The van der Waals surface area contributed by atoms with Crippen LogP contribution in [0.3, 0.4) is 0 Å². The average Bonchev–Trinajstić information content (AvgIpc) is 3.10. The van der Waals surface area contributed by atoms with Crippen molar-refractivity contribution in [2.45, 2.75) is 19.9 Å². The number of allylic oxidation sites excluding steroid dienone is 3. The van der Waals surface area contributed by atoms with E-state index in [4.69, 9.17) is 0 Å². The smallest absolute Gasteiger partial charge is 0.285 e. The molecule has 0 heterocycles. The molecule has 0 saturated carbocycles. The molecule has 4 rings (SSSR count). The Hall–Kier alpha value is -4.54. The zero-order valence-corrected chi connectivity index (χ0v) is 34.0. The number of thiocarbonyl (C=S) groups is 4. The van der Waals surface area contributed by atoms with Crippen LogP contribution in [-0.2, 0) is 40.5 Å². The van der Waals surface area contributed by atoms with Gasteiger partial charge in [-0.25, -0.2) is 0 Å². The number of nitrogens with zero attached hydrogens (tertiary/aromatic N) is 4. The van der Waals surface area contributed by atoms with Gasteiger partial charge in [0.15, 0.2) is 0 Å². The fourth-order valence-corrected chi connectivity index (χ4v) is 8.08. The molecule has 0 bridgehead atoms. The van der Waals surface area contributed by atoms with Crippen molar-refractivity contribution in [3.63, 3.8) is 0 Å². The Morgan fingerprint density at radius 3 is 1.21 bits per heavy atom. The topological polar surface area (TPSA) is 267 Å². The number of hydrogen-bond donors (Lipinski definition) is 4. The Kier molecular flexibility index (Phi) is 16.0. The highest BCUT2D eigenvalue weighted by Gasteiger charge is 2.30. The maximum atomic E-state index is 11.7.